The van der Waals surface area contributed by atoms with Gasteiger partial charge in [0.15, 0.2) is 0 Å². The molecule has 0 heterocycles. The zero-order valence-corrected chi connectivity index (χ0v) is 13.5. The molecule has 2 aromatic rings. The maximum absolute atomic E-state index is 12.0. The Morgan fingerprint density at radius 3 is 1.68 bits per heavy atom. The average molecular weight is 359 g/mol. The summed E-state index contributed by atoms with van der Waals surface area (Å²) in [5, 5.41) is 8.66. The molecule has 6 nitrogen and oxygen atoms in total. The molecule has 0 aliphatic heterocycles. The first-order chi connectivity index (χ1) is 9.85. The van der Waals surface area contributed by atoms with E-state index in [9.17, 15) is 16.8 Å². The number of nitrogens with one attached hydrogen (secondary N) is 1. The van der Waals surface area contributed by atoms with Crippen LogP contribution in [0.15, 0.2) is 64.4 Å². The number of rotatable bonds is 4. The van der Waals surface area contributed by atoms with Crippen molar-refractivity contribution < 1.29 is 16.8 Å². The molecule has 0 aliphatic rings. The Bertz CT molecular complexity index is 887. The van der Waals surface area contributed by atoms with Crippen molar-refractivity contribution in [3.63, 3.8) is 0 Å². The zero-order chi connectivity index (χ0) is 15.5. The second-order valence-electron chi connectivity index (χ2n) is 4.04. The first kappa shape index (κ1) is 18.1. The molecule has 22 heavy (non-hydrogen) atoms. The fourth-order valence-electron chi connectivity index (χ4n) is 1.55. The number of halogens is 1. The Labute approximate surface area is 134 Å². The van der Waals surface area contributed by atoms with Crippen molar-refractivity contribution in [1.29, 1.82) is 5.26 Å². The van der Waals surface area contributed by atoms with Crippen LogP contribution in [0.25, 0.3) is 0 Å². The van der Waals surface area contributed by atoms with Gasteiger partial charge in [0.2, 0.25) is 0 Å². The summed E-state index contributed by atoms with van der Waals surface area (Å²) in [6.45, 7) is 0. The van der Waals surface area contributed by atoms with Crippen molar-refractivity contribution in [3.8, 4) is 6.07 Å². The third-order valence-corrected chi connectivity index (χ3v) is 6.11. The lowest BCUT2D eigenvalue weighted by Gasteiger charge is -2.07. The smallest absolute Gasteiger partial charge is 0.206 e. The lowest BCUT2D eigenvalue weighted by atomic mass is 10.2. The predicted octanol–water partition coefficient (Wildman–Crippen LogP) is 1.65. The van der Waals surface area contributed by atoms with Gasteiger partial charge in [-0.2, -0.15) is 5.26 Å². The van der Waals surface area contributed by atoms with Gasteiger partial charge in [0.1, 0.15) is 0 Å². The minimum absolute atomic E-state index is 0. The summed E-state index contributed by atoms with van der Waals surface area (Å²) < 4.78 is 49.8. The fraction of sp³-hybridized carbons (Fsp3) is 0. The van der Waals surface area contributed by atoms with Gasteiger partial charge in [-0.1, -0.05) is 18.2 Å². The quantitative estimate of drug-likeness (QED) is 0.894. The monoisotopic (exact) mass is 358 g/mol. The van der Waals surface area contributed by atoms with Crippen molar-refractivity contribution in [2.45, 2.75) is 9.79 Å². The largest absolute Gasteiger partial charge is 0.253 e. The van der Waals surface area contributed by atoms with E-state index in [1.807, 2.05) is 6.07 Å². The van der Waals surface area contributed by atoms with E-state index >= 15 is 0 Å². The van der Waals surface area contributed by atoms with Crippen LogP contribution in [-0.4, -0.2) is 16.8 Å². The van der Waals surface area contributed by atoms with E-state index in [1.54, 1.807) is 10.2 Å². The number of hydrogen-bond donors (Lipinski definition) is 1. The number of benzene rings is 2. The van der Waals surface area contributed by atoms with Gasteiger partial charge in [-0.15, -0.1) is 16.5 Å². The third kappa shape index (κ3) is 4.05. The van der Waals surface area contributed by atoms with Crippen molar-refractivity contribution in [2.24, 2.45) is 0 Å². The Morgan fingerprint density at radius 2 is 1.23 bits per heavy atom. The summed E-state index contributed by atoms with van der Waals surface area (Å²) >= 11 is 0. The van der Waals surface area contributed by atoms with E-state index in [0.29, 0.717) is 0 Å². The van der Waals surface area contributed by atoms with E-state index in [1.165, 1.54) is 48.5 Å². The first-order valence-electron chi connectivity index (χ1n) is 5.69. The summed E-state index contributed by atoms with van der Waals surface area (Å²) in [5.74, 6) is 0. The van der Waals surface area contributed by atoms with Crippen LogP contribution in [-0.2, 0) is 20.0 Å². The van der Waals surface area contributed by atoms with Crippen LogP contribution in [0.4, 0.5) is 0 Å². The summed E-state index contributed by atoms with van der Waals surface area (Å²) in [6.07, 6.45) is 0. The van der Waals surface area contributed by atoms with Crippen molar-refractivity contribution >= 4 is 32.5 Å². The van der Waals surface area contributed by atoms with Gasteiger partial charge in [-0.05, 0) is 36.4 Å². The minimum atomic E-state index is -4.24. The van der Waals surface area contributed by atoms with E-state index in [2.05, 4.69) is 0 Å². The first-order valence-corrected chi connectivity index (χ1v) is 8.66. The van der Waals surface area contributed by atoms with Crippen molar-refractivity contribution in [3.05, 3.63) is 60.2 Å². The average Bonchev–Trinajstić information content (AvgIpc) is 2.47. The third-order valence-electron chi connectivity index (χ3n) is 2.57. The molecule has 0 amide bonds. The van der Waals surface area contributed by atoms with E-state index < -0.39 is 20.0 Å². The Hall–Kier alpha value is -1.92. The van der Waals surface area contributed by atoms with Crippen molar-refractivity contribution in [1.82, 2.24) is 4.13 Å². The maximum Gasteiger partial charge on any atom is 0.253 e. The highest BCUT2D eigenvalue weighted by atomic mass is 35.5. The number of nitriles is 1. The molecule has 0 bridgehead atoms. The number of hydrogen-bond acceptors (Lipinski definition) is 5. The van der Waals surface area contributed by atoms with E-state index in [4.69, 9.17) is 5.26 Å². The van der Waals surface area contributed by atoms with E-state index in [-0.39, 0.29) is 27.8 Å². The SMILES string of the molecule is Cl.N#Cc1ccc(S(=O)(=O)NS(=O)(=O)c2ccccc2)cc1. The molecule has 0 unspecified atom stereocenters. The maximum atomic E-state index is 12.0. The zero-order valence-electron chi connectivity index (χ0n) is 11.0. The molecule has 2 aromatic carbocycles. The fourth-order valence-corrected chi connectivity index (χ4v) is 4.48. The number of sulfonamides is 2. The highest BCUT2D eigenvalue weighted by Gasteiger charge is 2.24. The Balaban J connectivity index is 0.00000242. The summed E-state index contributed by atoms with van der Waals surface area (Å²) in [5.41, 5.74) is 0.278. The molecule has 1 N–H and O–H groups in total. The lowest BCUT2D eigenvalue weighted by Crippen LogP contribution is -2.30. The molecule has 0 spiro atoms. The Kier molecular flexibility index (Phi) is 5.68. The van der Waals surface area contributed by atoms with Gasteiger partial charge >= 0.3 is 0 Å². The number of nitrogens with zero attached hydrogens (tertiary/aromatic N) is 1. The molecular formula is C13H11ClN2O4S2. The van der Waals surface area contributed by atoms with Crippen LogP contribution in [0.2, 0.25) is 0 Å². The second-order valence-corrected chi connectivity index (χ2v) is 7.66. The molecular weight excluding hydrogens is 348 g/mol. The van der Waals surface area contributed by atoms with Gasteiger partial charge in [0.05, 0.1) is 21.4 Å². The van der Waals surface area contributed by atoms with Crippen LogP contribution in [0.5, 0.6) is 0 Å². The minimum Gasteiger partial charge on any atom is -0.206 e. The summed E-state index contributed by atoms with van der Waals surface area (Å²) in [6, 6.07) is 13.9. The molecule has 0 aromatic heterocycles. The lowest BCUT2D eigenvalue weighted by molar-refractivity contribution is 0.577. The van der Waals surface area contributed by atoms with Gasteiger partial charge < -0.3 is 0 Å². The summed E-state index contributed by atoms with van der Waals surface area (Å²) in [4.78, 5) is -0.386. The molecule has 9 heteroatoms. The topological polar surface area (TPSA) is 104 Å². The van der Waals surface area contributed by atoms with Crippen LogP contribution in [0, 0.1) is 11.3 Å². The normalized spacial score (nSPS) is 11.2. The molecule has 0 saturated heterocycles. The van der Waals surface area contributed by atoms with Crippen molar-refractivity contribution in [2.75, 3.05) is 0 Å². The van der Waals surface area contributed by atoms with E-state index in [0.717, 1.165) is 0 Å². The molecule has 2 rings (SSSR count). The second kappa shape index (κ2) is 6.89. The van der Waals surface area contributed by atoms with Crippen LogP contribution >= 0.6 is 12.4 Å². The van der Waals surface area contributed by atoms with Gasteiger partial charge in [-0.25, -0.2) is 16.8 Å². The van der Waals surface area contributed by atoms with Gasteiger partial charge in [0, 0.05) is 0 Å². The molecule has 0 radical (unpaired) electrons. The predicted molar refractivity (Wildman–Crippen MR) is 82.4 cm³/mol. The summed E-state index contributed by atoms with van der Waals surface area (Å²) in [7, 11) is -8.42. The standard InChI is InChI=1S/C13H10N2O4S2.ClH/c14-10-11-6-8-13(9-7-11)21(18,19)15-20(16,17)12-4-2-1-3-5-12;/h1-9,15H;1H. The molecule has 0 fully saturated rings. The van der Waals surface area contributed by atoms with Gasteiger partial charge in [0.25, 0.3) is 20.0 Å². The highest BCUT2D eigenvalue weighted by Crippen LogP contribution is 2.14. The molecule has 0 saturated carbocycles. The van der Waals surface area contributed by atoms with Crippen LogP contribution in [0.1, 0.15) is 5.56 Å². The molecule has 0 aliphatic carbocycles. The highest BCUT2D eigenvalue weighted by molar-refractivity contribution is 8.04. The molecule has 116 valence electrons. The van der Waals surface area contributed by atoms with Crippen LogP contribution in [0.3, 0.4) is 0 Å². The van der Waals surface area contributed by atoms with Gasteiger partial charge in [-0.3, -0.25) is 0 Å². The van der Waals surface area contributed by atoms with Crippen LogP contribution < -0.4 is 4.13 Å². The molecule has 0 atom stereocenters. The Morgan fingerprint density at radius 1 is 0.773 bits per heavy atom.